The molecule has 2 aliphatic heterocycles. The van der Waals surface area contributed by atoms with E-state index in [1.807, 2.05) is 18.2 Å². The Labute approximate surface area is 180 Å². The number of aromatic nitrogens is 1. The molecular weight excluding hydrogens is 404 g/mol. The van der Waals surface area contributed by atoms with Crippen LogP contribution < -0.4 is 10.6 Å². The molecule has 4 rings (SSSR count). The molecule has 0 bridgehead atoms. The molecule has 2 aliphatic rings. The molecule has 0 saturated heterocycles. The molecule has 1 aromatic heterocycles. The number of carbonyl (C=O) groups is 2. The van der Waals surface area contributed by atoms with Crippen molar-refractivity contribution in [2.75, 3.05) is 19.7 Å². The number of hydrogen-bond donors (Lipinski definition) is 2. The Morgan fingerprint density at radius 3 is 2.73 bits per heavy atom. The number of esters is 1. The van der Waals surface area contributed by atoms with E-state index in [1.165, 1.54) is 5.69 Å². The molecule has 2 N–H and O–H groups in total. The first-order chi connectivity index (χ1) is 14.5. The molecule has 0 spiro atoms. The van der Waals surface area contributed by atoms with Crippen molar-refractivity contribution in [2.45, 2.75) is 32.5 Å². The zero-order valence-electron chi connectivity index (χ0n) is 17.0. The van der Waals surface area contributed by atoms with Gasteiger partial charge < -0.3 is 19.9 Å². The highest BCUT2D eigenvalue weighted by Gasteiger charge is 2.35. The lowest BCUT2D eigenvalue weighted by Crippen LogP contribution is -2.49. The normalized spacial score (nSPS) is 21.6. The van der Waals surface area contributed by atoms with Gasteiger partial charge in [0.2, 0.25) is 0 Å². The summed E-state index contributed by atoms with van der Waals surface area (Å²) < 4.78 is 7.58. The maximum atomic E-state index is 12.9. The van der Waals surface area contributed by atoms with E-state index >= 15 is 0 Å². The third-order valence-corrected chi connectivity index (χ3v) is 5.93. The van der Waals surface area contributed by atoms with E-state index in [0.29, 0.717) is 22.8 Å². The van der Waals surface area contributed by atoms with Crippen LogP contribution in [0.25, 0.3) is 0 Å². The van der Waals surface area contributed by atoms with Gasteiger partial charge in [-0.25, -0.2) is 9.59 Å². The van der Waals surface area contributed by atoms with Gasteiger partial charge in [-0.15, -0.1) is 0 Å². The number of fused-ring (bicyclic) bond motifs is 1. The van der Waals surface area contributed by atoms with Crippen LogP contribution in [0.2, 0.25) is 5.02 Å². The molecule has 2 aromatic rings. The molecular formula is C22H25ClN4O3. The number of urea groups is 1. The van der Waals surface area contributed by atoms with Crippen LogP contribution in [0.3, 0.4) is 0 Å². The van der Waals surface area contributed by atoms with Gasteiger partial charge in [0.15, 0.2) is 0 Å². The molecule has 1 aromatic carbocycles. The average molecular weight is 429 g/mol. The summed E-state index contributed by atoms with van der Waals surface area (Å²) in [6.07, 6.45) is 2.08. The Bertz CT molecular complexity index is 983. The van der Waals surface area contributed by atoms with Crippen molar-refractivity contribution in [1.29, 1.82) is 0 Å². The molecule has 158 valence electrons. The predicted octanol–water partition coefficient (Wildman–Crippen LogP) is 3.39. The summed E-state index contributed by atoms with van der Waals surface area (Å²) >= 11 is 6.02. The highest BCUT2D eigenvalue weighted by molar-refractivity contribution is 6.30. The number of benzene rings is 1. The zero-order chi connectivity index (χ0) is 21.3. The topological polar surface area (TPSA) is 75.6 Å². The van der Waals surface area contributed by atoms with Gasteiger partial charge >= 0.3 is 12.0 Å². The number of carbonyl (C=O) groups excluding carboxylic acids is 2. The van der Waals surface area contributed by atoms with E-state index in [9.17, 15) is 9.59 Å². The van der Waals surface area contributed by atoms with Crippen molar-refractivity contribution in [2.24, 2.45) is 0 Å². The van der Waals surface area contributed by atoms with Gasteiger partial charge in [-0.3, -0.25) is 4.90 Å². The van der Waals surface area contributed by atoms with Crippen molar-refractivity contribution in [3.63, 3.8) is 0 Å². The van der Waals surface area contributed by atoms with Crippen LogP contribution in [-0.2, 0) is 16.1 Å². The van der Waals surface area contributed by atoms with Gasteiger partial charge in [-0.2, -0.15) is 0 Å². The van der Waals surface area contributed by atoms with E-state index in [4.69, 9.17) is 16.3 Å². The second kappa shape index (κ2) is 8.53. The number of ether oxygens (including phenoxy) is 1. The standard InChI is InChI=1S/C22H25ClN4O3/c1-3-30-21(28)19-17(13-27-12-11-26-10-4-5-18(26)14(27)2)24-22(29)25-20(19)15-6-8-16(23)9-7-15/h4-10,14,20H,3,11-13H2,1-2H3,(H2,24,25,29)/t14-,20+/m1/s1. The van der Waals surface area contributed by atoms with Crippen molar-refractivity contribution in [3.8, 4) is 0 Å². The Morgan fingerprint density at radius 2 is 2.00 bits per heavy atom. The van der Waals surface area contributed by atoms with Crippen LogP contribution in [-0.4, -0.2) is 41.2 Å². The number of rotatable bonds is 5. The van der Waals surface area contributed by atoms with E-state index < -0.39 is 12.0 Å². The van der Waals surface area contributed by atoms with Crippen LogP contribution in [0, 0.1) is 0 Å². The highest BCUT2D eigenvalue weighted by Crippen LogP contribution is 2.31. The molecule has 0 saturated carbocycles. The van der Waals surface area contributed by atoms with E-state index in [1.54, 1.807) is 19.1 Å². The first-order valence-electron chi connectivity index (χ1n) is 10.1. The lowest BCUT2D eigenvalue weighted by atomic mass is 9.94. The number of nitrogens with one attached hydrogen (secondary N) is 2. The summed E-state index contributed by atoms with van der Waals surface area (Å²) in [6.45, 7) is 6.28. The quantitative estimate of drug-likeness (QED) is 0.716. The van der Waals surface area contributed by atoms with E-state index in [-0.39, 0.29) is 18.7 Å². The Kier molecular flexibility index (Phi) is 5.83. The Morgan fingerprint density at radius 1 is 1.23 bits per heavy atom. The molecule has 30 heavy (non-hydrogen) atoms. The maximum absolute atomic E-state index is 12.9. The van der Waals surface area contributed by atoms with Crippen molar-refractivity contribution < 1.29 is 14.3 Å². The number of halogens is 1. The summed E-state index contributed by atoms with van der Waals surface area (Å²) in [7, 11) is 0. The fraction of sp³-hybridized carbons (Fsp3) is 0.364. The Hall–Kier alpha value is -2.77. The molecule has 0 radical (unpaired) electrons. The minimum absolute atomic E-state index is 0.158. The summed E-state index contributed by atoms with van der Waals surface area (Å²) in [5.41, 5.74) is 2.99. The smallest absolute Gasteiger partial charge is 0.338 e. The fourth-order valence-electron chi connectivity index (χ4n) is 4.14. The molecule has 0 unspecified atom stereocenters. The first-order valence-corrected chi connectivity index (χ1v) is 10.5. The minimum atomic E-state index is -0.603. The lowest BCUT2D eigenvalue weighted by molar-refractivity contribution is -0.139. The summed E-state index contributed by atoms with van der Waals surface area (Å²) in [5.74, 6) is -0.437. The molecule has 0 aliphatic carbocycles. The highest BCUT2D eigenvalue weighted by atomic mass is 35.5. The van der Waals surface area contributed by atoms with Gasteiger partial charge in [-0.05, 0) is 43.7 Å². The summed E-state index contributed by atoms with van der Waals surface area (Å²) in [5, 5.41) is 6.30. The van der Waals surface area contributed by atoms with Crippen LogP contribution in [0.5, 0.6) is 0 Å². The second-order valence-electron chi connectivity index (χ2n) is 7.47. The van der Waals surface area contributed by atoms with Gasteiger partial charge in [0.1, 0.15) is 0 Å². The largest absolute Gasteiger partial charge is 0.463 e. The van der Waals surface area contributed by atoms with Gasteiger partial charge in [0.25, 0.3) is 0 Å². The average Bonchev–Trinajstić information content (AvgIpc) is 3.20. The van der Waals surface area contributed by atoms with E-state index in [2.05, 4.69) is 39.3 Å². The summed E-state index contributed by atoms with van der Waals surface area (Å²) in [4.78, 5) is 27.7. The molecule has 0 fully saturated rings. The van der Waals surface area contributed by atoms with Gasteiger partial charge in [0.05, 0.1) is 18.2 Å². The number of hydrogen-bond acceptors (Lipinski definition) is 4. The molecule has 2 amide bonds. The van der Waals surface area contributed by atoms with Crippen LogP contribution in [0.1, 0.15) is 37.2 Å². The third kappa shape index (κ3) is 3.95. The zero-order valence-corrected chi connectivity index (χ0v) is 17.8. The second-order valence-corrected chi connectivity index (χ2v) is 7.91. The van der Waals surface area contributed by atoms with Crippen LogP contribution >= 0.6 is 11.6 Å². The summed E-state index contributed by atoms with van der Waals surface area (Å²) in [6, 6.07) is 10.5. The SMILES string of the molecule is CCOC(=O)C1=C(CN2CCn3cccc3[C@H]2C)NC(=O)N[C@H]1c1ccc(Cl)cc1. The van der Waals surface area contributed by atoms with Crippen molar-refractivity contribution in [3.05, 3.63) is 70.1 Å². The van der Waals surface area contributed by atoms with Crippen LogP contribution in [0.4, 0.5) is 4.79 Å². The van der Waals surface area contributed by atoms with E-state index in [0.717, 1.165) is 18.7 Å². The third-order valence-electron chi connectivity index (χ3n) is 5.68. The predicted molar refractivity (Wildman–Crippen MR) is 114 cm³/mol. The minimum Gasteiger partial charge on any atom is -0.463 e. The number of nitrogens with zero attached hydrogens (tertiary/aromatic N) is 2. The van der Waals surface area contributed by atoms with Gasteiger partial charge in [-0.1, -0.05) is 23.7 Å². The Balaban J connectivity index is 1.70. The fourth-order valence-corrected chi connectivity index (χ4v) is 4.27. The number of amides is 2. The van der Waals surface area contributed by atoms with Crippen LogP contribution in [0.15, 0.2) is 53.9 Å². The molecule has 2 atom stereocenters. The maximum Gasteiger partial charge on any atom is 0.338 e. The monoisotopic (exact) mass is 428 g/mol. The lowest BCUT2D eigenvalue weighted by Gasteiger charge is -2.37. The molecule has 7 nitrogen and oxygen atoms in total. The van der Waals surface area contributed by atoms with Crippen molar-refractivity contribution in [1.82, 2.24) is 20.1 Å². The molecule has 8 heteroatoms. The molecule has 3 heterocycles. The first kappa shape index (κ1) is 20.5. The van der Waals surface area contributed by atoms with Gasteiger partial charge in [0, 0.05) is 48.3 Å². The van der Waals surface area contributed by atoms with Crippen molar-refractivity contribution >= 4 is 23.6 Å².